The maximum Gasteiger partial charge on any atom is 0.411 e. The molecule has 0 aliphatic rings. The van der Waals surface area contributed by atoms with Crippen LogP contribution in [0.2, 0.25) is 0 Å². The van der Waals surface area contributed by atoms with Gasteiger partial charge in [0.2, 0.25) is 0 Å². The van der Waals surface area contributed by atoms with Crippen LogP contribution in [0.1, 0.15) is 18.1 Å². The number of nitrogens with one attached hydrogen (secondary N) is 1. The second-order valence-electron chi connectivity index (χ2n) is 4.89. The number of rotatable bonds is 6. The van der Waals surface area contributed by atoms with E-state index in [1.807, 2.05) is 30.3 Å². The van der Waals surface area contributed by atoms with Gasteiger partial charge in [0.05, 0.1) is 6.61 Å². The summed E-state index contributed by atoms with van der Waals surface area (Å²) in [5.41, 5.74) is 2.36. The summed E-state index contributed by atoms with van der Waals surface area (Å²) in [5.74, 6) is -0.385. The molecule has 2 rings (SSSR count). The van der Waals surface area contributed by atoms with Crippen LogP contribution < -0.4 is 5.32 Å². The monoisotopic (exact) mass is 325 g/mol. The highest BCUT2D eigenvalue weighted by Crippen LogP contribution is 2.12. The summed E-state index contributed by atoms with van der Waals surface area (Å²) in [6, 6.07) is 16.5. The molecular weight excluding hydrogens is 306 g/mol. The lowest BCUT2D eigenvalue weighted by molar-refractivity contribution is -0.137. The highest BCUT2D eigenvalue weighted by molar-refractivity contribution is 5.87. The topological polar surface area (TPSA) is 64.6 Å². The van der Waals surface area contributed by atoms with Crippen molar-refractivity contribution in [1.29, 1.82) is 0 Å². The lowest BCUT2D eigenvalue weighted by Crippen LogP contribution is -2.13. The molecule has 1 amide bonds. The van der Waals surface area contributed by atoms with Gasteiger partial charge in [0.1, 0.15) is 6.61 Å². The van der Waals surface area contributed by atoms with Gasteiger partial charge in [0, 0.05) is 11.8 Å². The minimum Gasteiger partial charge on any atom is -0.463 e. The van der Waals surface area contributed by atoms with E-state index in [0.29, 0.717) is 12.3 Å². The van der Waals surface area contributed by atoms with Gasteiger partial charge >= 0.3 is 12.1 Å². The number of hydrogen-bond acceptors (Lipinski definition) is 4. The van der Waals surface area contributed by atoms with Gasteiger partial charge in [-0.05, 0) is 36.3 Å². The summed E-state index contributed by atoms with van der Waals surface area (Å²) in [6.07, 6.45) is 2.49. The normalized spacial score (nSPS) is 10.4. The number of ether oxygens (including phenoxy) is 2. The number of carbonyl (C=O) groups is 2. The van der Waals surface area contributed by atoms with Crippen molar-refractivity contribution < 1.29 is 19.1 Å². The predicted molar refractivity (Wildman–Crippen MR) is 92.4 cm³/mol. The average Bonchev–Trinajstić information content (AvgIpc) is 2.60. The summed E-state index contributed by atoms with van der Waals surface area (Å²) in [5, 5.41) is 2.65. The molecule has 124 valence electrons. The molecule has 5 nitrogen and oxygen atoms in total. The Morgan fingerprint density at radius 3 is 2.38 bits per heavy atom. The van der Waals surface area contributed by atoms with Crippen molar-refractivity contribution in [3.63, 3.8) is 0 Å². The lowest BCUT2D eigenvalue weighted by atomic mass is 10.2. The van der Waals surface area contributed by atoms with Crippen LogP contribution in [0.15, 0.2) is 60.7 Å². The molecule has 0 atom stereocenters. The first-order valence-electron chi connectivity index (χ1n) is 7.60. The van der Waals surface area contributed by atoms with Crippen LogP contribution in [-0.2, 0) is 20.9 Å². The van der Waals surface area contributed by atoms with Crippen molar-refractivity contribution in [3.8, 4) is 0 Å². The van der Waals surface area contributed by atoms with E-state index in [4.69, 9.17) is 9.47 Å². The molecule has 0 heterocycles. The molecular formula is C19H19NO4. The lowest BCUT2D eigenvalue weighted by Gasteiger charge is -2.07. The molecule has 0 aromatic heterocycles. The standard InChI is InChI=1S/C19H19NO4/c1-2-23-18(21)13-10-15-8-11-17(12-9-15)20-19(22)24-14-16-6-4-3-5-7-16/h3-13H,2,14H2,1H3,(H,20,22)/b13-10+. The first-order chi connectivity index (χ1) is 11.7. The molecule has 0 radical (unpaired) electrons. The average molecular weight is 325 g/mol. The maximum absolute atomic E-state index is 11.7. The van der Waals surface area contributed by atoms with Crippen LogP contribution in [0.5, 0.6) is 0 Å². The van der Waals surface area contributed by atoms with Crippen molar-refractivity contribution in [2.45, 2.75) is 13.5 Å². The second kappa shape index (κ2) is 9.15. The van der Waals surface area contributed by atoms with Gasteiger partial charge in [-0.15, -0.1) is 0 Å². The van der Waals surface area contributed by atoms with Gasteiger partial charge in [0.15, 0.2) is 0 Å². The van der Waals surface area contributed by atoms with Crippen molar-refractivity contribution in [3.05, 3.63) is 71.8 Å². The van der Waals surface area contributed by atoms with Crippen molar-refractivity contribution in [2.24, 2.45) is 0 Å². The number of benzene rings is 2. The first kappa shape index (κ1) is 17.3. The number of hydrogen-bond donors (Lipinski definition) is 1. The zero-order chi connectivity index (χ0) is 17.2. The molecule has 2 aromatic carbocycles. The molecule has 1 N–H and O–H groups in total. The summed E-state index contributed by atoms with van der Waals surface area (Å²) in [7, 11) is 0. The number of carbonyl (C=O) groups excluding carboxylic acids is 2. The Labute approximate surface area is 140 Å². The number of anilines is 1. The largest absolute Gasteiger partial charge is 0.463 e. The smallest absolute Gasteiger partial charge is 0.411 e. The first-order valence-corrected chi connectivity index (χ1v) is 7.60. The van der Waals surface area contributed by atoms with Gasteiger partial charge in [0.25, 0.3) is 0 Å². The van der Waals surface area contributed by atoms with Crippen LogP contribution in [0.25, 0.3) is 6.08 Å². The van der Waals surface area contributed by atoms with E-state index < -0.39 is 6.09 Å². The molecule has 0 spiro atoms. The molecule has 2 aromatic rings. The SMILES string of the molecule is CCOC(=O)/C=C/c1ccc(NC(=O)OCc2ccccc2)cc1. The molecule has 0 saturated carbocycles. The van der Waals surface area contributed by atoms with Gasteiger partial charge in [-0.2, -0.15) is 0 Å². The van der Waals surface area contributed by atoms with E-state index in [1.165, 1.54) is 6.08 Å². The molecule has 24 heavy (non-hydrogen) atoms. The Bertz CT molecular complexity index is 693. The van der Waals surface area contributed by atoms with Crippen molar-refractivity contribution >= 4 is 23.8 Å². The Morgan fingerprint density at radius 1 is 1.00 bits per heavy atom. The highest BCUT2D eigenvalue weighted by Gasteiger charge is 2.03. The second-order valence-corrected chi connectivity index (χ2v) is 4.89. The van der Waals surface area contributed by atoms with Crippen LogP contribution >= 0.6 is 0 Å². The third-order valence-corrected chi connectivity index (χ3v) is 3.07. The fraction of sp³-hybridized carbons (Fsp3) is 0.158. The fourth-order valence-corrected chi connectivity index (χ4v) is 1.91. The Kier molecular flexibility index (Phi) is 6.58. The Balaban J connectivity index is 1.82. The van der Waals surface area contributed by atoms with Gasteiger partial charge in [-0.25, -0.2) is 9.59 Å². The number of amides is 1. The van der Waals surface area contributed by atoms with Crippen LogP contribution in [0, 0.1) is 0 Å². The van der Waals surface area contributed by atoms with E-state index in [9.17, 15) is 9.59 Å². The van der Waals surface area contributed by atoms with Crippen molar-refractivity contribution in [1.82, 2.24) is 0 Å². The third kappa shape index (κ3) is 5.96. The third-order valence-electron chi connectivity index (χ3n) is 3.07. The molecule has 0 unspecified atom stereocenters. The summed E-state index contributed by atoms with van der Waals surface area (Å²) < 4.78 is 9.95. The zero-order valence-corrected chi connectivity index (χ0v) is 13.4. The summed E-state index contributed by atoms with van der Waals surface area (Å²) in [4.78, 5) is 23.0. The van der Waals surface area contributed by atoms with E-state index >= 15 is 0 Å². The minimum absolute atomic E-state index is 0.215. The maximum atomic E-state index is 11.7. The van der Waals surface area contributed by atoms with E-state index in [-0.39, 0.29) is 12.6 Å². The summed E-state index contributed by atoms with van der Waals surface area (Å²) in [6.45, 7) is 2.31. The van der Waals surface area contributed by atoms with Crippen LogP contribution in [0.3, 0.4) is 0 Å². The van der Waals surface area contributed by atoms with Gasteiger partial charge in [-0.3, -0.25) is 5.32 Å². The number of esters is 1. The molecule has 0 bridgehead atoms. The Morgan fingerprint density at radius 2 is 1.71 bits per heavy atom. The zero-order valence-electron chi connectivity index (χ0n) is 13.4. The van der Waals surface area contributed by atoms with E-state index in [1.54, 1.807) is 37.3 Å². The van der Waals surface area contributed by atoms with Crippen molar-refractivity contribution in [2.75, 3.05) is 11.9 Å². The van der Waals surface area contributed by atoms with E-state index in [2.05, 4.69) is 5.32 Å². The molecule has 0 fully saturated rings. The fourth-order valence-electron chi connectivity index (χ4n) is 1.91. The van der Waals surface area contributed by atoms with Gasteiger partial charge in [-0.1, -0.05) is 42.5 Å². The predicted octanol–water partition coefficient (Wildman–Crippen LogP) is 4.01. The molecule has 0 aliphatic carbocycles. The highest BCUT2D eigenvalue weighted by atomic mass is 16.5. The van der Waals surface area contributed by atoms with Crippen LogP contribution in [-0.4, -0.2) is 18.7 Å². The molecule has 0 aliphatic heterocycles. The molecule has 5 heteroatoms. The summed E-state index contributed by atoms with van der Waals surface area (Å²) >= 11 is 0. The quantitative estimate of drug-likeness (QED) is 0.644. The van der Waals surface area contributed by atoms with Gasteiger partial charge < -0.3 is 9.47 Å². The van der Waals surface area contributed by atoms with Crippen LogP contribution in [0.4, 0.5) is 10.5 Å². The minimum atomic E-state index is -0.520. The molecule has 0 saturated heterocycles. The Hall–Kier alpha value is -3.08. The van der Waals surface area contributed by atoms with E-state index in [0.717, 1.165) is 11.1 Å².